The molecule has 0 aromatic heterocycles. The van der Waals surface area contributed by atoms with Crippen molar-refractivity contribution >= 4 is 13.7 Å². The summed E-state index contributed by atoms with van der Waals surface area (Å²) in [5, 5.41) is 13.9. The zero-order valence-corrected chi connectivity index (χ0v) is 56.9. The third-order valence-electron chi connectivity index (χ3n) is 15.4. The van der Waals surface area contributed by atoms with Crippen molar-refractivity contribution in [1.82, 2.24) is 5.32 Å². The van der Waals surface area contributed by atoms with Crippen LogP contribution in [0.15, 0.2) is 122 Å². The fourth-order valence-electron chi connectivity index (χ4n) is 9.95. The fraction of sp³-hybridized carbons (Fsp3) is 0.724. The van der Waals surface area contributed by atoms with Gasteiger partial charge in [0.25, 0.3) is 7.82 Å². The van der Waals surface area contributed by atoms with E-state index in [9.17, 15) is 19.4 Å². The van der Waals surface area contributed by atoms with Crippen LogP contribution in [0.2, 0.25) is 0 Å². The smallest absolute Gasteiger partial charge is 0.268 e. The van der Waals surface area contributed by atoms with Gasteiger partial charge in [0.1, 0.15) is 13.2 Å². The van der Waals surface area contributed by atoms with Gasteiger partial charge < -0.3 is 28.8 Å². The summed E-state index contributed by atoms with van der Waals surface area (Å²) in [6, 6.07) is -0.910. The molecule has 0 heterocycles. The van der Waals surface area contributed by atoms with Crippen molar-refractivity contribution in [3.63, 3.8) is 0 Å². The standard InChI is InChI=1S/C76H135N2O6P/c1-6-8-10-12-14-16-18-20-22-24-26-28-30-31-32-33-34-35-36-37-38-39-40-41-42-43-44-45-46-47-48-50-52-54-56-58-60-62-64-66-68-70-76(80)77-74(73-84-85(81,82)83-72-71-78(3,4)5)75(79)69-67-65-63-61-59-57-55-53-51-49-29-27-25-23-21-19-17-15-13-11-9-7-2/h8,10,14,16,20,22,26,28,31-32,34-35,37-38,40-41,59,61,67,69,74-75,79H,6-7,9,11-13,15,17-19,21,23-25,27,29-30,33,36,39,42-58,60,62-66,68,70-73H2,1-5H3,(H-,77,80,81,82)/b10-8-,16-14-,22-20-,28-26-,32-31-,35-34-,38-37-,41-40-,61-59+,69-67+. The summed E-state index contributed by atoms with van der Waals surface area (Å²) < 4.78 is 23.4. The molecule has 0 bridgehead atoms. The van der Waals surface area contributed by atoms with Crippen LogP contribution in [0.4, 0.5) is 0 Å². The van der Waals surface area contributed by atoms with Gasteiger partial charge in [-0.2, -0.15) is 0 Å². The van der Waals surface area contributed by atoms with Crippen molar-refractivity contribution < 1.29 is 32.9 Å². The van der Waals surface area contributed by atoms with Crippen molar-refractivity contribution in [2.24, 2.45) is 0 Å². The Kier molecular flexibility index (Phi) is 63.0. The van der Waals surface area contributed by atoms with E-state index in [1.54, 1.807) is 6.08 Å². The maximum atomic E-state index is 13.0. The van der Waals surface area contributed by atoms with E-state index < -0.39 is 26.6 Å². The Balaban J connectivity index is 4.06. The number of likely N-dealkylation sites (N-methyl/N-ethyl adjacent to an activating group) is 1. The van der Waals surface area contributed by atoms with Gasteiger partial charge in [0.2, 0.25) is 5.91 Å². The van der Waals surface area contributed by atoms with Gasteiger partial charge in [0.05, 0.1) is 39.9 Å². The molecule has 2 N–H and O–H groups in total. The lowest BCUT2D eigenvalue weighted by Gasteiger charge is -2.29. The average molecular weight is 1200 g/mol. The number of phosphoric ester groups is 1. The number of aliphatic hydroxyl groups is 1. The first-order valence-electron chi connectivity index (χ1n) is 35.4. The molecule has 0 aliphatic carbocycles. The molecule has 0 rings (SSSR count). The second-order valence-corrected chi connectivity index (χ2v) is 26.3. The van der Waals surface area contributed by atoms with E-state index in [-0.39, 0.29) is 12.5 Å². The van der Waals surface area contributed by atoms with E-state index in [0.29, 0.717) is 17.4 Å². The number of rotatable bonds is 64. The highest BCUT2D eigenvalue weighted by molar-refractivity contribution is 7.45. The molecule has 0 aromatic rings. The Morgan fingerprint density at radius 1 is 0.424 bits per heavy atom. The zero-order valence-electron chi connectivity index (χ0n) is 56.0. The molecular formula is C76H135N2O6P. The largest absolute Gasteiger partial charge is 0.756 e. The number of phosphoric acid groups is 1. The summed E-state index contributed by atoms with van der Waals surface area (Å²) in [6.07, 6.45) is 97.5. The van der Waals surface area contributed by atoms with Crippen LogP contribution < -0.4 is 10.2 Å². The van der Waals surface area contributed by atoms with Crippen molar-refractivity contribution in [1.29, 1.82) is 0 Å². The average Bonchev–Trinajstić information content (AvgIpc) is 3.48. The fourth-order valence-corrected chi connectivity index (χ4v) is 10.7. The number of unbranched alkanes of at least 4 members (excludes halogenated alkanes) is 33. The molecule has 0 aliphatic heterocycles. The highest BCUT2D eigenvalue weighted by Crippen LogP contribution is 2.38. The molecule has 0 radical (unpaired) electrons. The van der Waals surface area contributed by atoms with Crippen molar-refractivity contribution in [3.05, 3.63) is 122 Å². The molecular weight excluding hydrogens is 1070 g/mol. The van der Waals surface area contributed by atoms with Crippen LogP contribution in [0, 0.1) is 0 Å². The summed E-state index contributed by atoms with van der Waals surface area (Å²) >= 11 is 0. The third kappa shape index (κ3) is 68.3. The van der Waals surface area contributed by atoms with E-state index in [0.717, 1.165) is 89.9 Å². The second kappa shape index (κ2) is 65.3. The van der Waals surface area contributed by atoms with E-state index in [4.69, 9.17) is 9.05 Å². The van der Waals surface area contributed by atoms with E-state index in [1.807, 2.05) is 27.2 Å². The van der Waals surface area contributed by atoms with E-state index in [1.165, 1.54) is 193 Å². The maximum Gasteiger partial charge on any atom is 0.268 e. The summed E-state index contributed by atoms with van der Waals surface area (Å²) in [5.74, 6) is -0.207. The second-order valence-electron chi connectivity index (χ2n) is 24.8. The van der Waals surface area contributed by atoms with Gasteiger partial charge in [-0.1, -0.05) is 322 Å². The molecule has 1 amide bonds. The number of carbonyl (C=O) groups excluding carboxylic acids is 1. The molecule has 0 aromatic carbocycles. The first-order chi connectivity index (χ1) is 41.5. The number of nitrogens with one attached hydrogen (secondary N) is 1. The summed E-state index contributed by atoms with van der Waals surface area (Å²) in [5.41, 5.74) is 0. The van der Waals surface area contributed by atoms with Crippen LogP contribution >= 0.6 is 7.82 Å². The molecule has 85 heavy (non-hydrogen) atoms. The molecule has 490 valence electrons. The molecule has 3 unspecified atom stereocenters. The number of hydrogen-bond acceptors (Lipinski definition) is 6. The Hall–Kier alpha value is -3.10. The van der Waals surface area contributed by atoms with Gasteiger partial charge in [0, 0.05) is 6.42 Å². The minimum Gasteiger partial charge on any atom is -0.756 e. The third-order valence-corrected chi connectivity index (χ3v) is 16.4. The van der Waals surface area contributed by atoms with Crippen molar-refractivity contribution in [2.75, 3.05) is 40.9 Å². The highest BCUT2D eigenvalue weighted by Gasteiger charge is 2.23. The Labute approximate surface area is 526 Å². The Morgan fingerprint density at radius 2 is 0.729 bits per heavy atom. The van der Waals surface area contributed by atoms with Gasteiger partial charge in [-0.3, -0.25) is 9.36 Å². The molecule has 3 atom stereocenters. The lowest BCUT2D eigenvalue weighted by Crippen LogP contribution is -2.45. The summed E-state index contributed by atoms with van der Waals surface area (Å²) in [6.45, 7) is 4.54. The predicted molar refractivity (Wildman–Crippen MR) is 371 cm³/mol. The Morgan fingerprint density at radius 3 is 1.09 bits per heavy atom. The van der Waals surface area contributed by atoms with Crippen molar-refractivity contribution in [3.8, 4) is 0 Å². The van der Waals surface area contributed by atoms with Crippen LogP contribution in [0.5, 0.6) is 0 Å². The quantitative estimate of drug-likeness (QED) is 0.0272. The van der Waals surface area contributed by atoms with Gasteiger partial charge in [-0.25, -0.2) is 0 Å². The molecule has 0 fully saturated rings. The van der Waals surface area contributed by atoms with Gasteiger partial charge in [-0.05, 0) is 96.3 Å². The van der Waals surface area contributed by atoms with Crippen LogP contribution in [0.3, 0.4) is 0 Å². The first kappa shape index (κ1) is 81.9. The molecule has 9 heteroatoms. The van der Waals surface area contributed by atoms with Crippen molar-refractivity contribution in [2.45, 2.75) is 315 Å². The van der Waals surface area contributed by atoms with Gasteiger partial charge in [-0.15, -0.1) is 0 Å². The number of nitrogens with zero attached hydrogens (tertiary/aromatic N) is 1. The molecule has 8 nitrogen and oxygen atoms in total. The van der Waals surface area contributed by atoms with Crippen LogP contribution in [0.25, 0.3) is 0 Å². The van der Waals surface area contributed by atoms with E-state index >= 15 is 0 Å². The minimum absolute atomic E-state index is 0.00956. The number of carbonyl (C=O) groups is 1. The topological polar surface area (TPSA) is 108 Å². The van der Waals surface area contributed by atoms with Crippen LogP contribution in [-0.2, 0) is 18.4 Å². The summed E-state index contributed by atoms with van der Waals surface area (Å²) in [7, 11) is 1.24. The lowest BCUT2D eigenvalue weighted by molar-refractivity contribution is -0.870. The van der Waals surface area contributed by atoms with Crippen LogP contribution in [0.1, 0.15) is 303 Å². The number of allylic oxidation sites excluding steroid dienone is 19. The normalized spacial score (nSPS) is 14.4. The number of aliphatic hydroxyl groups excluding tert-OH is 1. The minimum atomic E-state index is -4.62. The predicted octanol–water partition coefficient (Wildman–Crippen LogP) is 22.2. The first-order valence-corrected chi connectivity index (χ1v) is 36.9. The number of hydrogen-bond donors (Lipinski definition) is 2. The monoisotopic (exact) mass is 1200 g/mol. The SMILES string of the molecule is CC/C=C\C/C=C\C/C=C\C/C=C\C/C=C\C/C=C\C/C=C\C/C=C\CCCCCCCCCCCCCCCCCCC(=O)NC(COP(=O)([O-])OCC[N+](C)(C)C)C(O)/C=C/CC/C=C/CCCCCCCCCCCCCCCCCC. The molecule has 0 saturated carbocycles. The molecule has 0 saturated heterocycles. The maximum absolute atomic E-state index is 13.0. The molecule has 0 spiro atoms. The summed E-state index contributed by atoms with van der Waals surface area (Å²) in [4.78, 5) is 25.6. The van der Waals surface area contributed by atoms with Gasteiger partial charge in [0.15, 0.2) is 0 Å². The van der Waals surface area contributed by atoms with E-state index in [2.05, 4.69) is 129 Å². The van der Waals surface area contributed by atoms with Gasteiger partial charge >= 0.3 is 0 Å². The zero-order chi connectivity index (χ0) is 61.9. The highest BCUT2D eigenvalue weighted by atomic mass is 31.2. The number of amides is 1. The Bertz CT molecular complexity index is 1800. The number of quaternary nitrogens is 1. The molecule has 0 aliphatic rings. The van der Waals surface area contributed by atoms with Crippen LogP contribution in [-0.4, -0.2) is 68.5 Å². The lowest BCUT2D eigenvalue weighted by atomic mass is 10.0.